The van der Waals surface area contributed by atoms with Gasteiger partial charge in [-0.15, -0.1) is 0 Å². The van der Waals surface area contributed by atoms with Gasteiger partial charge in [0.15, 0.2) is 0 Å². The number of amides is 1. The van der Waals surface area contributed by atoms with Gasteiger partial charge in [0.1, 0.15) is 17.9 Å². The first-order valence-electron chi connectivity index (χ1n) is 10.4. The molecule has 0 spiro atoms. The number of hydrogen-bond acceptors (Lipinski definition) is 7. The molecule has 0 aliphatic carbocycles. The summed E-state index contributed by atoms with van der Waals surface area (Å²) in [7, 11) is 0. The van der Waals surface area contributed by atoms with E-state index in [1.54, 1.807) is 0 Å². The fourth-order valence-corrected chi connectivity index (χ4v) is 3.94. The standard InChI is InChI=1S/C21H29N7O2/c1-21(2)9-6-16-4-3-5-17(19(16)30-21)13-27-10-7-15(8-11-27)12-23-18(29)14-28-20(22)24-25-26-28/h3-6,9,15H,7-8,10-14H2,1-2H3,(H,23,29)(H2,22,24,26). The third-order valence-electron chi connectivity index (χ3n) is 5.70. The average Bonchev–Trinajstić information content (AvgIpc) is 3.12. The molecule has 3 heterocycles. The predicted molar refractivity (Wildman–Crippen MR) is 113 cm³/mol. The number of anilines is 1. The summed E-state index contributed by atoms with van der Waals surface area (Å²) in [4.78, 5) is 14.5. The second kappa shape index (κ2) is 8.43. The minimum Gasteiger partial charge on any atom is -0.483 e. The first kappa shape index (κ1) is 20.3. The van der Waals surface area contributed by atoms with E-state index < -0.39 is 0 Å². The van der Waals surface area contributed by atoms with E-state index >= 15 is 0 Å². The van der Waals surface area contributed by atoms with Gasteiger partial charge in [0.25, 0.3) is 0 Å². The summed E-state index contributed by atoms with van der Waals surface area (Å²) in [6.07, 6.45) is 6.36. The van der Waals surface area contributed by atoms with E-state index in [1.807, 2.05) is 0 Å². The number of hydrogen-bond donors (Lipinski definition) is 2. The predicted octanol–water partition coefficient (Wildman–Crippen LogP) is 1.47. The molecule has 0 bridgehead atoms. The number of carbonyl (C=O) groups excluding carboxylic acids is 1. The number of aromatic nitrogens is 4. The monoisotopic (exact) mass is 411 g/mol. The van der Waals surface area contributed by atoms with Crippen molar-refractivity contribution in [2.45, 2.75) is 45.4 Å². The minimum atomic E-state index is -0.277. The summed E-state index contributed by atoms with van der Waals surface area (Å²) in [6, 6.07) is 6.35. The molecule has 1 fully saturated rings. The number of nitrogens with two attached hydrogens (primary N) is 1. The number of carbonyl (C=O) groups is 1. The molecule has 2 aliphatic heterocycles. The summed E-state index contributed by atoms with van der Waals surface area (Å²) < 4.78 is 7.53. The van der Waals surface area contributed by atoms with Crippen LogP contribution in [-0.4, -0.2) is 56.2 Å². The third kappa shape index (κ3) is 4.79. The van der Waals surface area contributed by atoms with Crippen LogP contribution >= 0.6 is 0 Å². The van der Waals surface area contributed by atoms with Crippen LogP contribution in [0.2, 0.25) is 0 Å². The van der Waals surface area contributed by atoms with E-state index in [4.69, 9.17) is 10.5 Å². The Balaban J connectivity index is 1.25. The molecule has 160 valence electrons. The van der Waals surface area contributed by atoms with Crippen LogP contribution in [0.5, 0.6) is 5.75 Å². The number of likely N-dealkylation sites (tertiary alicyclic amines) is 1. The normalized spacial score (nSPS) is 18.6. The van der Waals surface area contributed by atoms with Crippen LogP contribution in [0.15, 0.2) is 24.3 Å². The topological polar surface area (TPSA) is 111 Å². The second-order valence-corrected chi connectivity index (χ2v) is 8.59. The molecule has 0 atom stereocenters. The fourth-order valence-electron chi connectivity index (χ4n) is 3.94. The molecule has 0 unspecified atom stereocenters. The van der Waals surface area contributed by atoms with Crippen molar-refractivity contribution in [1.29, 1.82) is 0 Å². The maximum absolute atomic E-state index is 12.1. The van der Waals surface area contributed by atoms with Crippen LogP contribution < -0.4 is 15.8 Å². The van der Waals surface area contributed by atoms with Crippen LogP contribution in [0, 0.1) is 5.92 Å². The van der Waals surface area contributed by atoms with Crippen LogP contribution in [0.1, 0.15) is 37.8 Å². The van der Waals surface area contributed by atoms with Crippen molar-refractivity contribution in [2.24, 2.45) is 5.92 Å². The summed E-state index contributed by atoms with van der Waals surface area (Å²) in [5.74, 6) is 1.49. The first-order chi connectivity index (χ1) is 14.4. The maximum Gasteiger partial charge on any atom is 0.241 e. The largest absolute Gasteiger partial charge is 0.483 e. The van der Waals surface area contributed by atoms with Gasteiger partial charge < -0.3 is 15.8 Å². The molecule has 1 aromatic carbocycles. The zero-order chi connectivity index (χ0) is 21.1. The van der Waals surface area contributed by atoms with Gasteiger partial charge >= 0.3 is 0 Å². The molecule has 2 aromatic rings. The van der Waals surface area contributed by atoms with Gasteiger partial charge in [0, 0.05) is 24.2 Å². The molecule has 30 heavy (non-hydrogen) atoms. The van der Waals surface area contributed by atoms with Crippen molar-refractivity contribution in [1.82, 2.24) is 30.4 Å². The number of nitrogens with one attached hydrogen (secondary N) is 1. The van der Waals surface area contributed by atoms with Gasteiger partial charge in [-0.3, -0.25) is 9.69 Å². The molecule has 4 rings (SSSR count). The molecule has 1 aromatic heterocycles. The molecular weight excluding hydrogens is 382 g/mol. The van der Waals surface area contributed by atoms with E-state index in [0.717, 1.165) is 43.8 Å². The third-order valence-corrected chi connectivity index (χ3v) is 5.70. The van der Waals surface area contributed by atoms with Gasteiger partial charge in [0.05, 0.1) is 0 Å². The number of para-hydroxylation sites is 1. The Kier molecular flexibility index (Phi) is 5.72. The lowest BCUT2D eigenvalue weighted by atomic mass is 9.95. The Hall–Kier alpha value is -2.94. The van der Waals surface area contributed by atoms with Crippen molar-refractivity contribution in [3.05, 3.63) is 35.4 Å². The van der Waals surface area contributed by atoms with E-state index in [9.17, 15) is 4.79 Å². The number of ether oxygens (including phenoxy) is 1. The van der Waals surface area contributed by atoms with Gasteiger partial charge in [-0.2, -0.15) is 0 Å². The minimum absolute atomic E-state index is 0.0432. The summed E-state index contributed by atoms with van der Waals surface area (Å²) in [6.45, 7) is 7.75. The highest BCUT2D eigenvalue weighted by Crippen LogP contribution is 2.35. The van der Waals surface area contributed by atoms with Crippen molar-refractivity contribution >= 4 is 17.9 Å². The van der Waals surface area contributed by atoms with Crippen LogP contribution in [0.25, 0.3) is 6.08 Å². The average molecular weight is 412 g/mol. The highest BCUT2D eigenvalue weighted by atomic mass is 16.5. The summed E-state index contributed by atoms with van der Waals surface area (Å²) in [5, 5.41) is 13.7. The Bertz CT molecular complexity index is 929. The SMILES string of the molecule is CC1(C)C=Cc2cccc(CN3CCC(CNC(=O)Cn4nnnc4N)CC3)c2O1. The second-order valence-electron chi connectivity index (χ2n) is 8.59. The van der Waals surface area contributed by atoms with Crippen molar-refractivity contribution in [2.75, 3.05) is 25.4 Å². The molecule has 9 nitrogen and oxygen atoms in total. The van der Waals surface area contributed by atoms with Gasteiger partial charge in [-0.25, -0.2) is 4.68 Å². The Morgan fingerprint density at radius 3 is 2.87 bits per heavy atom. The van der Waals surface area contributed by atoms with Crippen molar-refractivity contribution < 1.29 is 9.53 Å². The lowest BCUT2D eigenvalue weighted by molar-refractivity contribution is -0.122. The zero-order valence-electron chi connectivity index (χ0n) is 17.5. The quantitative estimate of drug-likeness (QED) is 0.740. The molecule has 3 N–H and O–H groups in total. The van der Waals surface area contributed by atoms with Gasteiger partial charge in [-0.1, -0.05) is 29.4 Å². The van der Waals surface area contributed by atoms with Gasteiger partial charge in [-0.05, 0) is 62.2 Å². The fraction of sp³-hybridized carbons (Fsp3) is 0.524. The highest BCUT2D eigenvalue weighted by molar-refractivity contribution is 5.75. The van der Waals surface area contributed by atoms with E-state index in [1.165, 1.54) is 10.2 Å². The van der Waals surface area contributed by atoms with Crippen LogP contribution in [0.3, 0.4) is 0 Å². The maximum atomic E-state index is 12.1. The van der Waals surface area contributed by atoms with Gasteiger partial charge in [0.2, 0.25) is 11.9 Å². The Morgan fingerprint density at radius 2 is 2.13 bits per heavy atom. The molecular formula is C21H29N7O2. The number of rotatable bonds is 6. The number of piperidine rings is 1. The zero-order valence-corrected chi connectivity index (χ0v) is 17.5. The lowest BCUT2D eigenvalue weighted by Gasteiger charge is -2.34. The van der Waals surface area contributed by atoms with E-state index in [0.29, 0.717) is 12.5 Å². The number of tetrazole rings is 1. The number of nitrogen functional groups attached to an aromatic ring is 1. The number of fused-ring (bicyclic) bond motifs is 1. The Morgan fingerprint density at radius 1 is 1.33 bits per heavy atom. The smallest absolute Gasteiger partial charge is 0.241 e. The molecule has 0 saturated carbocycles. The molecule has 9 heteroatoms. The van der Waals surface area contributed by atoms with Crippen LogP contribution in [0.4, 0.5) is 5.95 Å². The Labute approximate surface area is 176 Å². The summed E-state index contributed by atoms with van der Waals surface area (Å²) >= 11 is 0. The summed E-state index contributed by atoms with van der Waals surface area (Å²) in [5.41, 5.74) is 7.69. The van der Waals surface area contributed by atoms with E-state index in [2.05, 4.69) is 69.9 Å². The van der Waals surface area contributed by atoms with Crippen molar-refractivity contribution in [3.8, 4) is 5.75 Å². The molecule has 1 amide bonds. The molecule has 1 saturated heterocycles. The molecule has 0 radical (unpaired) electrons. The van der Waals surface area contributed by atoms with Crippen molar-refractivity contribution in [3.63, 3.8) is 0 Å². The molecule has 2 aliphatic rings. The lowest BCUT2D eigenvalue weighted by Crippen LogP contribution is -2.39. The van der Waals surface area contributed by atoms with Crippen LogP contribution in [-0.2, 0) is 17.9 Å². The number of nitrogens with zero attached hydrogens (tertiary/aromatic N) is 5. The first-order valence-corrected chi connectivity index (χ1v) is 10.4. The van der Waals surface area contributed by atoms with E-state index in [-0.39, 0.29) is 24.0 Å². The number of benzene rings is 1. The highest BCUT2D eigenvalue weighted by Gasteiger charge is 2.26.